The van der Waals surface area contributed by atoms with Gasteiger partial charge in [0.25, 0.3) is 5.91 Å². The number of carbonyl (C=O) groups is 1. The van der Waals surface area contributed by atoms with Crippen molar-refractivity contribution in [1.29, 1.82) is 0 Å². The van der Waals surface area contributed by atoms with Gasteiger partial charge >= 0.3 is 0 Å². The molecule has 0 fully saturated rings. The number of nitrogens with zero attached hydrogens (tertiary/aromatic N) is 4. The molecule has 1 aromatic carbocycles. The number of amides is 1. The van der Waals surface area contributed by atoms with Crippen LogP contribution in [0.1, 0.15) is 21.6 Å². The van der Waals surface area contributed by atoms with Crippen LogP contribution in [-0.2, 0) is 0 Å². The van der Waals surface area contributed by atoms with Crippen molar-refractivity contribution in [2.75, 3.05) is 0 Å². The van der Waals surface area contributed by atoms with Gasteiger partial charge in [-0.25, -0.2) is 10.1 Å². The van der Waals surface area contributed by atoms with Gasteiger partial charge in [0.2, 0.25) is 0 Å². The molecule has 25 heavy (non-hydrogen) atoms. The predicted octanol–water partition coefficient (Wildman–Crippen LogP) is 3.65. The maximum atomic E-state index is 11.9. The van der Waals surface area contributed by atoms with Crippen molar-refractivity contribution < 1.29 is 4.79 Å². The van der Waals surface area contributed by atoms with Crippen LogP contribution in [0.2, 0.25) is 10.2 Å². The van der Waals surface area contributed by atoms with Crippen molar-refractivity contribution in [3.63, 3.8) is 0 Å². The molecule has 0 saturated carbocycles. The van der Waals surface area contributed by atoms with Crippen molar-refractivity contribution in [1.82, 2.24) is 20.2 Å². The third-order valence-corrected chi connectivity index (χ3v) is 3.98. The van der Waals surface area contributed by atoms with Crippen LogP contribution >= 0.6 is 23.2 Å². The maximum Gasteiger partial charge on any atom is 0.272 e. The molecule has 2 aromatic heterocycles. The van der Waals surface area contributed by atoms with Crippen LogP contribution in [0.3, 0.4) is 0 Å². The second-order valence-electron chi connectivity index (χ2n) is 5.12. The first-order valence-corrected chi connectivity index (χ1v) is 8.06. The van der Waals surface area contributed by atoms with Crippen molar-refractivity contribution in [3.05, 3.63) is 75.8 Å². The maximum absolute atomic E-state index is 11.9. The number of aryl methyl sites for hydroxylation is 1. The van der Waals surface area contributed by atoms with Gasteiger partial charge in [0, 0.05) is 17.4 Å². The predicted molar refractivity (Wildman–Crippen MR) is 97.6 cm³/mol. The lowest BCUT2D eigenvalue weighted by Crippen LogP contribution is -2.17. The molecule has 3 aromatic rings. The SMILES string of the molecule is Cc1nn(-c2cccc(Cl)c2)c(Cl)c1/C=N/NC(=O)c1cccnc1. The van der Waals surface area contributed by atoms with E-state index >= 15 is 0 Å². The summed E-state index contributed by atoms with van der Waals surface area (Å²) in [5.74, 6) is -0.361. The molecule has 0 radical (unpaired) electrons. The number of rotatable bonds is 4. The Hall–Kier alpha value is -2.70. The molecule has 3 rings (SSSR count). The highest BCUT2D eigenvalue weighted by molar-refractivity contribution is 6.32. The molecule has 0 unspecified atom stereocenters. The molecule has 1 amide bonds. The van der Waals surface area contributed by atoms with Crippen LogP contribution in [0, 0.1) is 6.92 Å². The summed E-state index contributed by atoms with van der Waals surface area (Å²) in [5, 5.41) is 9.30. The minimum Gasteiger partial charge on any atom is -0.267 e. The molecule has 2 heterocycles. The monoisotopic (exact) mass is 373 g/mol. The smallest absolute Gasteiger partial charge is 0.267 e. The Morgan fingerprint density at radius 2 is 2.12 bits per heavy atom. The van der Waals surface area contributed by atoms with Crippen LogP contribution < -0.4 is 5.43 Å². The second kappa shape index (κ2) is 7.46. The second-order valence-corrected chi connectivity index (χ2v) is 5.92. The van der Waals surface area contributed by atoms with E-state index in [0.717, 1.165) is 5.69 Å². The molecule has 0 atom stereocenters. The Balaban J connectivity index is 1.80. The topological polar surface area (TPSA) is 72.2 Å². The van der Waals surface area contributed by atoms with Crippen LogP contribution in [0.4, 0.5) is 0 Å². The van der Waals surface area contributed by atoms with E-state index in [1.807, 2.05) is 12.1 Å². The summed E-state index contributed by atoms with van der Waals surface area (Å²) >= 11 is 12.4. The van der Waals surface area contributed by atoms with Crippen LogP contribution in [0.15, 0.2) is 53.9 Å². The Morgan fingerprint density at radius 1 is 1.28 bits per heavy atom. The van der Waals surface area contributed by atoms with E-state index in [2.05, 4.69) is 20.6 Å². The summed E-state index contributed by atoms with van der Waals surface area (Å²) in [4.78, 5) is 15.8. The van der Waals surface area contributed by atoms with Gasteiger partial charge in [0.1, 0.15) is 5.15 Å². The highest BCUT2D eigenvalue weighted by atomic mass is 35.5. The van der Waals surface area contributed by atoms with Crippen LogP contribution in [-0.4, -0.2) is 26.9 Å². The molecule has 0 bridgehead atoms. The summed E-state index contributed by atoms with van der Waals surface area (Å²) < 4.78 is 1.56. The van der Waals surface area contributed by atoms with E-state index in [9.17, 15) is 4.79 Å². The molecule has 126 valence electrons. The first-order valence-electron chi connectivity index (χ1n) is 7.31. The van der Waals surface area contributed by atoms with E-state index < -0.39 is 0 Å². The fourth-order valence-electron chi connectivity index (χ4n) is 2.15. The highest BCUT2D eigenvalue weighted by Gasteiger charge is 2.13. The van der Waals surface area contributed by atoms with Gasteiger partial charge in [-0.3, -0.25) is 9.78 Å². The van der Waals surface area contributed by atoms with Crippen LogP contribution in [0.5, 0.6) is 0 Å². The van der Waals surface area contributed by atoms with E-state index in [4.69, 9.17) is 23.2 Å². The molecular weight excluding hydrogens is 361 g/mol. The van der Waals surface area contributed by atoms with Crippen molar-refractivity contribution in [2.24, 2.45) is 5.10 Å². The molecule has 0 aliphatic heterocycles. The number of hydrazone groups is 1. The fraction of sp³-hybridized carbons (Fsp3) is 0.0588. The number of carbonyl (C=O) groups excluding carboxylic acids is 1. The molecule has 1 N–H and O–H groups in total. The molecule has 0 aliphatic carbocycles. The molecule has 6 nitrogen and oxygen atoms in total. The molecular formula is C17H13Cl2N5O. The summed E-state index contributed by atoms with van der Waals surface area (Å²) in [6, 6.07) is 10.5. The lowest BCUT2D eigenvalue weighted by molar-refractivity contribution is 0.0955. The fourth-order valence-corrected chi connectivity index (χ4v) is 2.66. The summed E-state index contributed by atoms with van der Waals surface area (Å²) in [6.45, 7) is 1.80. The van der Waals surface area contributed by atoms with E-state index in [1.165, 1.54) is 12.4 Å². The first-order chi connectivity index (χ1) is 12.1. The lowest BCUT2D eigenvalue weighted by Gasteiger charge is -2.03. The van der Waals surface area contributed by atoms with Gasteiger partial charge in [0.05, 0.1) is 28.7 Å². The standard InChI is InChI=1S/C17H13Cl2N5O/c1-11-15(10-21-22-17(25)12-4-3-7-20-9-12)16(19)24(23-11)14-6-2-5-13(18)8-14/h2-10H,1H3,(H,22,25)/b21-10+. The minimum atomic E-state index is -0.361. The van der Waals surface area contributed by atoms with Gasteiger partial charge in [0.15, 0.2) is 0 Å². The van der Waals surface area contributed by atoms with Crippen LogP contribution in [0.25, 0.3) is 5.69 Å². The van der Waals surface area contributed by atoms with Crippen molar-refractivity contribution in [3.8, 4) is 5.69 Å². The summed E-state index contributed by atoms with van der Waals surface area (Å²) in [7, 11) is 0. The first kappa shape index (κ1) is 17.1. The number of aromatic nitrogens is 3. The third kappa shape index (κ3) is 3.87. The molecule has 0 saturated heterocycles. The van der Waals surface area contributed by atoms with Crippen molar-refractivity contribution >= 4 is 35.3 Å². The zero-order valence-corrected chi connectivity index (χ0v) is 14.7. The van der Waals surface area contributed by atoms with Gasteiger partial charge in [-0.05, 0) is 37.3 Å². The third-order valence-electron chi connectivity index (χ3n) is 3.38. The number of pyridine rings is 1. The Kier molecular flexibility index (Phi) is 5.11. The van der Waals surface area contributed by atoms with Gasteiger partial charge < -0.3 is 0 Å². The number of halogens is 2. The van der Waals surface area contributed by atoms with E-state index in [-0.39, 0.29) is 5.91 Å². The Bertz CT molecular complexity index is 937. The summed E-state index contributed by atoms with van der Waals surface area (Å²) in [6.07, 6.45) is 4.51. The largest absolute Gasteiger partial charge is 0.272 e. The molecule has 0 spiro atoms. The Morgan fingerprint density at radius 3 is 2.84 bits per heavy atom. The number of hydrogen-bond donors (Lipinski definition) is 1. The van der Waals surface area contributed by atoms with Gasteiger partial charge in [-0.15, -0.1) is 0 Å². The minimum absolute atomic E-state index is 0.361. The molecule has 8 heteroatoms. The normalized spacial score (nSPS) is 11.0. The molecule has 0 aliphatic rings. The average Bonchev–Trinajstić information content (AvgIpc) is 2.90. The Labute approximate surface area is 154 Å². The van der Waals surface area contributed by atoms with E-state index in [1.54, 1.807) is 42.1 Å². The number of nitrogens with one attached hydrogen (secondary N) is 1. The van der Waals surface area contributed by atoms with Crippen molar-refractivity contribution in [2.45, 2.75) is 6.92 Å². The van der Waals surface area contributed by atoms with Gasteiger partial charge in [-0.1, -0.05) is 29.3 Å². The number of hydrogen-bond acceptors (Lipinski definition) is 4. The zero-order chi connectivity index (χ0) is 17.8. The quantitative estimate of drug-likeness (QED) is 0.560. The van der Waals surface area contributed by atoms with E-state index in [0.29, 0.717) is 27.0 Å². The zero-order valence-electron chi connectivity index (χ0n) is 13.1. The number of benzene rings is 1. The average molecular weight is 374 g/mol. The summed E-state index contributed by atoms with van der Waals surface area (Å²) in [5.41, 5.74) is 4.86. The highest BCUT2D eigenvalue weighted by Crippen LogP contribution is 2.23. The van der Waals surface area contributed by atoms with Gasteiger partial charge in [-0.2, -0.15) is 10.2 Å². The lowest BCUT2D eigenvalue weighted by atomic mass is 10.3.